The van der Waals surface area contributed by atoms with Gasteiger partial charge in [-0.2, -0.15) is 5.26 Å². The van der Waals surface area contributed by atoms with Crippen LogP contribution in [0.25, 0.3) is 11.0 Å². The Morgan fingerprint density at radius 2 is 2.15 bits per heavy atom. The third-order valence-corrected chi connectivity index (χ3v) is 4.63. The van der Waals surface area contributed by atoms with Crippen LogP contribution in [0.3, 0.4) is 0 Å². The van der Waals surface area contributed by atoms with E-state index >= 15 is 0 Å². The SMILES string of the molecule is CCC(C#N)c1ccc2nc(C3CCCC3)n(C)c2c1. The molecule has 0 spiro atoms. The van der Waals surface area contributed by atoms with Crippen molar-refractivity contribution in [2.75, 3.05) is 0 Å². The lowest BCUT2D eigenvalue weighted by molar-refractivity contribution is 0.639. The Kier molecular flexibility index (Phi) is 3.48. The fourth-order valence-corrected chi connectivity index (χ4v) is 3.39. The topological polar surface area (TPSA) is 41.6 Å². The van der Waals surface area contributed by atoms with Crippen LogP contribution in [0, 0.1) is 11.3 Å². The smallest absolute Gasteiger partial charge is 0.112 e. The van der Waals surface area contributed by atoms with Gasteiger partial charge in [0.25, 0.3) is 0 Å². The van der Waals surface area contributed by atoms with Crippen molar-refractivity contribution in [3.8, 4) is 6.07 Å². The van der Waals surface area contributed by atoms with E-state index in [2.05, 4.69) is 42.8 Å². The number of rotatable bonds is 3. The van der Waals surface area contributed by atoms with Crippen LogP contribution in [0.4, 0.5) is 0 Å². The second kappa shape index (κ2) is 5.28. The average Bonchev–Trinajstić information content (AvgIpc) is 3.09. The molecule has 3 heteroatoms. The van der Waals surface area contributed by atoms with Gasteiger partial charge in [0.2, 0.25) is 0 Å². The maximum absolute atomic E-state index is 9.23. The van der Waals surface area contributed by atoms with Gasteiger partial charge in [0.1, 0.15) is 5.82 Å². The number of aryl methyl sites for hydroxylation is 1. The fraction of sp³-hybridized carbons (Fsp3) is 0.529. The molecule has 3 rings (SSSR count). The molecule has 0 bridgehead atoms. The molecular weight excluding hydrogens is 246 g/mol. The second-order valence-electron chi connectivity index (χ2n) is 5.85. The Hall–Kier alpha value is -1.82. The lowest BCUT2D eigenvalue weighted by atomic mass is 9.98. The molecule has 20 heavy (non-hydrogen) atoms. The van der Waals surface area contributed by atoms with Crippen LogP contribution in [0.2, 0.25) is 0 Å². The van der Waals surface area contributed by atoms with E-state index in [0.29, 0.717) is 5.92 Å². The van der Waals surface area contributed by atoms with Crippen molar-refractivity contribution in [3.63, 3.8) is 0 Å². The normalized spacial score (nSPS) is 17.4. The molecule has 0 radical (unpaired) electrons. The molecule has 0 aliphatic heterocycles. The molecule has 3 nitrogen and oxygen atoms in total. The summed E-state index contributed by atoms with van der Waals surface area (Å²) in [5.74, 6) is 1.83. The Bertz CT molecular complexity index is 657. The van der Waals surface area contributed by atoms with Gasteiger partial charge in [-0.1, -0.05) is 25.8 Å². The molecule has 1 unspecified atom stereocenters. The minimum Gasteiger partial charge on any atom is -0.331 e. The van der Waals surface area contributed by atoms with Gasteiger partial charge in [-0.25, -0.2) is 4.98 Å². The van der Waals surface area contributed by atoms with Gasteiger partial charge in [0.15, 0.2) is 0 Å². The quantitative estimate of drug-likeness (QED) is 0.834. The van der Waals surface area contributed by atoms with E-state index in [-0.39, 0.29) is 5.92 Å². The van der Waals surface area contributed by atoms with Gasteiger partial charge in [0.05, 0.1) is 23.0 Å². The van der Waals surface area contributed by atoms with Gasteiger partial charge in [-0.3, -0.25) is 0 Å². The third-order valence-electron chi connectivity index (χ3n) is 4.63. The molecule has 1 aromatic carbocycles. The Labute approximate surface area is 120 Å². The molecule has 1 fully saturated rings. The van der Waals surface area contributed by atoms with Gasteiger partial charge in [-0.15, -0.1) is 0 Å². The monoisotopic (exact) mass is 267 g/mol. The van der Waals surface area contributed by atoms with Crippen LogP contribution < -0.4 is 0 Å². The number of nitrogens with zero attached hydrogens (tertiary/aromatic N) is 3. The lowest BCUT2D eigenvalue weighted by Crippen LogP contribution is -2.02. The first-order valence-corrected chi connectivity index (χ1v) is 7.60. The zero-order valence-corrected chi connectivity index (χ0v) is 12.3. The largest absolute Gasteiger partial charge is 0.331 e. The highest BCUT2D eigenvalue weighted by atomic mass is 15.1. The summed E-state index contributed by atoms with van der Waals surface area (Å²) >= 11 is 0. The summed E-state index contributed by atoms with van der Waals surface area (Å²) < 4.78 is 2.24. The number of imidazole rings is 1. The fourth-order valence-electron chi connectivity index (χ4n) is 3.39. The minimum absolute atomic E-state index is 0.00997. The van der Waals surface area contributed by atoms with E-state index in [1.165, 1.54) is 31.5 Å². The Balaban J connectivity index is 2.06. The number of benzene rings is 1. The number of hydrogen-bond acceptors (Lipinski definition) is 2. The van der Waals surface area contributed by atoms with Crippen LogP contribution in [0.15, 0.2) is 18.2 Å². The number of hydrogen-bond donors (Lipinski definition) is 0. The van der Waals surface area contributed by atoms with E-state index in [9.17, 15) is 5.26 Å². The molecule has 104 valence electrons. The lowest BCUT2D eigenvalue weighted by Gasteiger charge is -2.09. The zero-order chi connectivity index (χ0) is 14.1. The molecule has 0 N–H and O–H groups in total. The molecule has 1 aromatic heterocycles. The first-order valence-electron chi connectivity index (χ1n) is 7.60. The summed E-state index contributed by atoms with van der Waals surface area (Å²) in [4.78, 5) is 4.83. The summed E-state index contributed by atoms with van der Waals surface area (Å²) in [6.07, 6.45) is 6.03. The summed E-state index contributed by atoms with van der Waals surface area (Å²) in [5, 5.41) is 9.23. The van der Waals surface area contributed by atoms with Crippen LogP contribution in [-0.2, 0) is 7.05 Å². The Morgan fingerprint density at radius 3 is 2.80 bits per heavy atom. The maximum atomic E-state index is 9.23. The predicted molar refractivity (Wildman–Crippen MR) is 80.6 cm³/mol. The van der Waals surface area contributed by atoms with E-state index in [0.717, 1.165) is 23.0 Å². The molecule has 1 aliphatic carbocycles. The maximum Gasteiger partial charge on any atom is 0.112 e. The standard InChI is InChI=1S/C17H21N3/c1-3-12(11-18)14-8-9-15-16(10-14)20(2)17(19-15)13-6-4-5-7-13/h8-10,12-13H,3-7H2,1-2H3. The van der Waals surface area contributed by atoms with Gasteiger partial charge in [0, 0.05) is 13.0 Å². The molecule has 2 aromatic rings. The summed E-state index contributed by atoms with van der Waals surface area (Å²) in [6, 6.07) is 8.67. The molecule has 1 atom stereocenters. The van der Waals surface area contributed by atoms with Gasteiger partial charge in [-0.05, 0) is 37.0 Å². The van der Waals surface area contributed by atoms with E-state index in [1.807, 2.05) is 0 Å². The van der Waals surface area contributed by atoms with Crippen molar-refractivity contribution < 1.29 is 0 Å². The summed E-state index contributed by atoms with van der Waals surface area (Å²) in [6.45, 7) is 2.06. The van der Waals surface area contributed by atoms with Crippen molar-refractivity contribution >= 4 is 11.0 Å². The van der Waals surface area contributed by atoms with Gasteiger partial charge < -0.3 is 4.57 Å². The molecular formula is C17H21N3. The zero-order valence-electron chi connectivity index (χ0n) is 12.3. The molecule has 0 amide bonds. The summed E-state index contributed by atoms with van der Waals surface area (Å²) in [7, 11) is 2.11. The highest BCUT2D eigenvalue weighted by molar-refractivity contribution is 5.77. The Morgan fingerprint density at radius 1 is 1.40 bits per heavy atom. The van der Waals surface area contributed by atoms with Crippen molar-refractivity contribution in [3.05, 3.63) is 29.6 Å². The van der Waals surface area contributed by atoms with Crippen LogP contribution in [-0.4, -0.2) is 9.55 Å². The van der Waals surface area contributed by atoms with Crippen molar-refractivity contribution in [1.29, 1.82) is 5.26 Å². The number of fused-ring (bicyclic) bond motifs is 1. The van der Waals surface area contributed by atoms with Crippen LogP contribution in [0.5, 0.6) is 0 Å². The first-order chi connectivity index (χ1) is 9.74. The predicted octanol–water partition coefficient (Wildman–Crippen LogP) is 4.25. The van der Waals surface area contributed by atoms with Crippen molar-refractivity contribution in [2.24, 2.45) is 7.05 Å². The second-order valence-corrected chi connectivity index (χ2v) is 5.85. The highest BCUT2D eigenvalue weighted by Gasteiger charge is 2.22. The van der Waals surface area contributed by atoms with Crippen molar-refractivity contribution in [2.45, 2.75) is 50.9 Å². The number of nitriles is 1. The first kappa shape index (κ1) is 13.2. The average molecular weight is 267 g/mol. The van der Waals surface area contributed by atoms with Gasteiger partial charge >= 0.3 is 0 Å². The van der Waals surface area contributed by atoms with E-state index in [4.69, 9.17) is 4.98 Å². The molecule has 0 saturated heterocycles. The third kappa shape index (κ3) is 2.10. The minimum atomic E-state index is -0.00997. The molecule has 1 aliphatic rings. The van der Waals surface area contributed by atoms with Crippen LogP contribution >= 0.6 is 0 Å². The van der Waals surface area contributed by atoms with Crippen LogP contribution in [0.1, 0.15) is 62.3 Å². The molecule has 1 saturated carbocycles. The number of aromatic nitrogens is 2. The molecule has 1 heterocycles. The van der Waals surface area contributed by atoms with E-state index < -0.39 is 0 Å². The van der Waals surface area contributed by atoms with Crippen molar-refractivity contribution in [1.82, 2.24) is 9.55 Å². The highest BCUT2D eigenvalue weighted by Crippen LogP contribution is 2.35. The van der Waals surface area contributed by atoms with E-state index in [1.54, 1.807) is 0 Å². The summed E-state index contributed by atoms with van der Waals surface area (Å²) in [5.41, 5.74) is 3.34.